The van der Waals surface area contributed by atoms with Gasteiger partial charge in [-0.2, -0.15) is 0 Å². The summed E-state index contributed by atoms with van der Waals surface area (Å²) in [7, 11) is 3.14. The first-order chi connectivity index (χ1) is 25.4. The van der Waals surface area contributed by atoms with Gasteiger partial charge in [-0.3, -0.25) is 28.8 Å². The van der Waals surface area contributed by atoms with E-state index in [-0.39, 0.29) is 48.5 Å². The molecule has 8 atom stereocenters. The van der Waals surface area contributed by atoms with Crippen LogP contribution in [0.2, 0.25) is 0 Å². The van der Waals surface area contributed by atoms with Crippen LogP contribution in [0.25, 0.3) is 0 Å². The zero-order valence-electron chi connectivity index (χ0n) is 33.1. The Bertz CT molecular complexity index is 1540. The molecule has 0 radical (unpaired) electrons. The van der Waals surface area contributed by atoms with Crippen LogP contribution in [-0.4, -0.2) is 103 Å². The van der Waals surface area contributed by atoms with Crippen LogP contribution in [0.3, 0.4) is 0 Å². The maximum Gasteiger partial charge on any atom is 0.407 e. The summed E-state index contributed by atoms with van der Waals surface area (Å²) < 4.78 is 5.35. The molecule has 14 heteroatoms. The van der Waals surface area contributed by atoms with Gasteiger partial charge in [-0.05, 0) is 66.3 Å². The predicted molar refractivity (Wildman–Crippen MR) is 201 cm³/mol. The van der Waals surface area contributed by atoms with Crippen LogP contribution in [0, 0.1) is 35.0 Å². The Morgan fingerprint density at radius 1 is 0.944 bits per heavy atom. The predicted octanol–water partition coefficient (Wildman–Crippen LogP) is 2.96. The third-order valence-electron chi connectivity index (χ3n) is 11.0. The van der Waals surface area contributed by atoms with Crippen molar-refractivity contribution in [1.82, 2.24) is 31.1 Å². The van der Waals surface area contributed by atoms with Gasteiger partial charge in [0.15, 0.2) is 0 Å². The van der Waals surface area contributed by atoms with Crippen molar-refractivity contribution in [3.8, 4) is 0 Å². The van der Waals surface area contributed by atoms with Gasteiger partial charge in [0.05, 0.1) is 19.2 Å². The molecule has 1 aromatic carbocycles. The number of ether oxygens (including phenoxy) is 1. The van der Waals surface area contributed by atoms with Crippen LogP contribution in [0.5, 0.6) is 0 Å². The molecule has 54 heavy (non-hydrogen) atoms. The molecule has 1 heterocycles. The summed E-state index contributed by atoms with van der Waals surface area (Å²) in [6, 6.07) is 4.63. The number of ketones is 1. The Kier molecular flexibility index (Phi) is 14.3. The van der Waals surface area contributed by atoms with Gasteiger partial charge in [0.25, 0.3) is 5.91 Å². The third-order valence-corrected chi connectivity index (χ3v) is 11.0. The Morgan fingerprint density at radius 3 is 2.22 bits per heavy atom. The van der Waals surface area contributed by atoms with Crippen molar-refractivity contribution in [3.63, 3.8) is 0 Å². The van der Waals surface area contributed by atoms with E-state index >= 15 is 0 Å². The van der Waals surface area contributed by atoms with Gasteiger partial charge in [0.2, 0.25) is 29.4 Å². The summed E-state index contributed by atoms with van der Waals surface area (Å²) in [5.74, 6) is -3.15. The van der Waals surface area contributed by atoms with E-state index in [2.05, 4.69) is 21.3 Å². The number of nitrogens with zero attached hydrogens (tertiary/aromatic N) is 2. The Morgan fingerprint density at radius 2 is 1.61 bits per heavy atom. The standard InChI is InChI=1S/C40H60N6O8/c1-9-10-16-28(33(48)36(50)41-20-29(47)43-31(37(51)45(7)8)24-14-12-11-13-15-24)42-35(49)32-30-26-18-17-25(19-26)27(30)21-46(32)38(52)34(40(4,5)6)44-39(53)54-22-23(2)3/h11-15,23,25-28,30-32,34H,9-10,16-22H2,1-8H3,(H,41,50)(H,42,49)(H,43,47)(H,44,53)/t25?,26?,27-,28?,30?,31?,32+,34-/m1/s1. The van der Waals surface area contributed by atoms with Crippen molar-refractivity contribution in [3.05, 3.63) is 35.9 Å². The van der Waals surface area contributed by atoms with E-state index in [1.807, 2.05) is 41.5 Å². The van der Waals surface area contributed by atoms with E-state index < -0.39 is 65.7 Å². The molecular weight excluding hydrogens is 692 g/mol. The van der Waals surface area contributed by atoms with E-state index in [0.29, 0.717) is 30.9 Å². The smallest absolute Gasteiger partial charge is 0.407 e. The lowest BCUT2D eigenvalue weighted by atomic mass is 9.78. The summed E-state index contributed by atoms with van der Waals surface area (Å²) in [5.41, 5.74) is -0.154. The summed E-state index contributed by atoms with van der Waals surface area (Å²) in [6.07, 6.45) is 3.68. The molecule has 2 saturated carbocycles. The molecule has 14 nitrogen and oxygen atoms in total. The first kappa shape index (κ1) is 42.3. The summed E-state index contributed by atoms with van der Waals surface area (Å²) in [4.78, 5) is 97.2. The molecule has 4 N–H and O–H groups in total. The number of unbranched alkanes of at least 4 members (excludes halogenated alkanes) is 1. The SMILES string of the molecule is CCCCC(NC(=O)[C@@H]1C2C3CCC(C3)[C@H]2CN1C(=O)[C@@H](NC(=O)OCC(C)C)C(C)(C)C)C(=O)C(=O)NCC(=O)NC(C(=O)N(C)C)c1ccccc1. The highest BCUT2D eigenvalue weighted by Gasteiger charge is 2.60. The summed E-state index contributed by atoms with van der Waals surface area (Å²) >= 11 is 0. The molecule has 4 rings (SSSR count). The zero-order chi connectivity index (χ0) is 39.9. The number of carbonyl (C=O) groups is 7. The van der Waals surface area contributed by atoms with Gasteiger partial charge < -0.3 is 35.8 Å². The van der Waals surface area contributed by atoms with Gasteiger partial charge in [-0.25, -0.2) is 4.79 Å². The molecule has 298 valence electrons. The monoisotopic (exact) mass is 752 g/mol. The maximum absolute atomic E-state index is 14.4. The van der Waals surface area contributed by atoms with Crippen molar-refractivity contribution in [2.45, 2.75) is 104 Å². The van der Waals surface area contributed by atoms with E-state index in [1.165, 1.54) is 4.90 Å². The number of carbonyl (C=O) groups excluding carboxylic acids is 7. The average Bonchev–Trinajstić information content (AvgIpc) is 3.85. The normalized spacial score (nSPS) is 23.1. The second-order valence-electron chi connectivity index (χ2n) is 16.8. The Balaban J connectivity index is 1.49. The van der Waals surface area contributed by atoms with Crippen molar-refractivity contribution in [2.24, 2.45) is 35.0 Å². The number of nitrogens with one attached hydrogen (secondary N) is 4. The molecule has 3 fully saturated rings. The molecule has 1 saturated heterocycles. The zero-order valence-corrected chi connectivity index (χ0v) is 33.1. The lowest BCUT2D eigenvalue weighted by Gasteiger charge is -2.37. The number of Topliss-reactive ketones (excluding diaryl/α,β-unsaturated/α-hetero) is 1. The van der Waals surface area contributed by atoms with Crippen molar-refractivity contribution in [2.75, 3.05) is 33.8 Å². The third kappa shape index (κ3) is 10.2. The minimum absolute atomic E-state index is 0.106. The number of amides is 6. The first-order valence-electron chi connectivity index (χ1n) is 19.4. The Hall–Kier alpha value is -4.49. The van der Waals surface area contributed by atoms with E-state index in [4.69, 9.17) is 4.74 Å². The van der Waals surface area contributed by atoms with E-state index in [1.54, 1.807) is 49.3 Å². The number of likely N-dealkylation sites (tertiary alicyclic amines) is 1. The molecular formula is C40H60N6O8. The fourth-order valence-corrected chi connectivity index (χ4v) is 8.27. The minimum atomic E-state index is -1.19. The number of alkyl carbamates (subject to hydrolysis) is 1. The van der Waals surface area contributed by atoms with Gasteiger partial charge in [0, 0.05) is 20.6 Å². The van der Waals surface area contributed by atoms with Crippen molar-refractivity contribution in [1.29, 1.82) is 0 Å². The molecule has 2 bridgehead atoms. The number of rotatable bonds is 16. The molecule has 1 aromatic rings. The molecule has 3 aliphatic rings. The number of fused-ring (bicyclic) bond motifs is 5. The molecule has 0 spiro atoms. The van der Waals surface area contributed by atoms with Gasteiger partial charge in [-0.1, -0.05) is 84.7 Å². The lowest BCUT2D eigenvalue weighted by molar-refractivity contribution is -0.145. The molecule has 1 aliphatic heterocycles. The van der Waals surface area contributed by atoms with Crippen LogP contribution in [-0.2, 0) is 33.5 Å². The second-order valence-corrected chi connectivity index (χ2v) is 16.8. The lowest BCUT2D eigenvalue weighted by Crippen LogP contribution is -2.60. The van der Waals surface area contributed by atoms with E-state index in [0.717, 1.165) is 19.3 Å². The van der Waals surface area contributed by atoms with Gasteiger partial charge in [0.1, 0.15) is 18.1 Å². The van der Waals surface area contributed by atoms with Crippen molar-refractivity contribution >= 4 is 41.4 Å². The highest BCUT2D eigenvalue weighted by Crippen LogP contribution is 2.57. The molecule has 2 aliphatic carbocycles. The van der Waals surface area contributed by atoms with Crippen LogP contribution in [0.15, 0.2) is 30.3 Å². The number of likely N-dealkylation sites (N-methyl/N-ethyl adjacent to an activating group) is 1. The Labute approximate surface area is 319 Å². The van der Waals surface area contributed by atoms with Crippen molar-refractivity contribution < 1.29 is 38.3 Å². The van der Waals surface area contributed by atoms with Gasteiger partial charge >= 0.3 is 6.09 Å². The number of hydrogen-bond donors (Lipinski definition) is 4. The van der Waals surface area contributed by atoms with Gasteiger partial charge in [-0.15, -0.1) is 0 Å². The quantitative estimate of drug-likeness (QED) is 0.186. The molecule has 6 amide bonds. The molecule has 5 unspecified atom stereocenters. The van der Waals surface area contributed by atoms with Crippen LogP contribution in [0.4, 0.5) is 4.79 Å². The average molecular weight is 753 g/mol. The van der Waals surface area contributed by atoms with Crippen LogP contribution >= 0.6 is 0 Å². The summed E-state index contributed by atoms with van der Waals surface area (Å²) in [6.45, 7) is 11.3. The number of benzene rings is 1. The largest absolute Gasteiger partial charge is 0.449 e. The molecule has 0 aromatic heterocycles. The fourth-order valence-electron chi connectivity index (χ4n) is 8.27. The number of hydrogen-bond acceptors (Lipinski definition) is 8. The second kappa shape index (κ2) is 18.2. The van der Waals surface area contributed by atoms with E-state index in [9.17, 15) is 33.6 Å². The fraction of sp³-hybridized carbons (Fsp3) is 0.675. The first-order valence-corrected chi connectivity index (χ1v) is 19.4. The highest BCUT2D eigenvalue weighted by atomic mass is 16.5. The summed E-state index contributed by atoms with van der Waals surface area (Å²) in [5, 5.41) is 10.6. The minimum Gasteiger partial charge on any atom is -0.449 e. The van der Waals surface area contributed by atoms with Crippen LogP contribution < -0.4 is 21.3 Å². The highest BCUT2D eigenvalue weighted by molar-refractivity contribution is 6.38. The topological polar surface area (TPSA) is 183 Å². The van der Waals surface area contributed by atoms with Crippen LogP contribution in [0.1, 0.15) is 91.7 Å². The maximum atomic E-state index is 14.4.